The molecular weight excluding hydrogens is 238 g/mol. The highest BCUT2D eigenvalue weighted by molar-refractivity contribution is 6.04. The Morgan fingerprint density at radius 3 is 3.05 bits per heavy atom. The molecule has 0 atom stereocenters. The molecule has 0 fully saturated rings. The SMILES string of the molecule is CCc1cn[nH]c1NC(=O)c1ccc2c(c1)CCC2. The van der Waals surface area contributed by atoms with Crippen molar-refractivity contribution in [1.29, 1.82) is 0 Å². The van der Waals surface area contributed by atoms with Gasteiger partial charge in [0.05, 0.1) is 6.20 Å². The van der Waals surface area contributed by atoms with E-state index in [1.54, 1.807) is 6.20 Å². The van der Waals surface area contributed by atoms with E-state index in [1.807, 2.05) is 19.1 Å². The van der Waals surface area contributed by atoms with E-state index in [4.69, 9.17) is 0 Å². The predicted octanol–water partition coefficient (Wildman–Crippen LogP) is 2.71. The van der Waals surface area contributed by atoms with Crippen LogP contribution in [0.15, 0.2) is 24.4 Å². The van der Waals surface area contributed by atoms with Gasteiger partial charge in [0.15, 0.2) is 0 Å². The summed E-state index contributed by atoms with van der Waals surface area (Å²) in [5.41, 5.74) is 4.44. The first-order valence-electron chi connectivity index (χ1n) is 6.73. The molecule has 0 radical (unpaired) electrons. The number of fused-ring (bicyclic) bond motifs is 1. The zero-order valence-corrected chi connectivity index (χ0v) is 11.0. The standard InChI is InChI=1S/C15H17N3O/c1-2-10-9-16-18-14(10)17-15(19)13-7-6-11-4-3-5-12(11)8-13/h6-9H,2-5H2,1H3,(H2,16,17,18,19). The molecule has 1 aliphatic carbocycles. The number of H-pyrrole nitrogens is 1. The predicted molar refractivity (Wildman–Crippen MR) is 74.4 cm³/mol. The number of aryl methyl sites for hydroxylation is 3. The van der Waals surface area contributed by atoms with Crippen molar-refractivity contribution in [3.63, 3.8) is 0 Å². The van der Waals surface area contributed by atoms with Crippen LogP contribution in [0.25, 0.3) is 0 Å². The fourth-order valence-corrected chi connectivity index (χ4v) is 2.59. The van der Waals surface area contributed by atoms with Crippen LogP contribution in [0.1, 0.15) is 40.4 Å². The van der Waals surface area contributed by atoms with E-state index >= 15 is 0 Å². The van der Waals surface area contributed by atoms with E-state index < -0.39 is 0 Å². The summed E-state index contributed by atoms with van der Waals surface area (Å²) in [7, 11) is 0. The summed E-state index contributed by atoms with van der Waals surface area (Å²) in [5, 5.41) is 9.68. The molecule has 98 valence electrons. The van der Waals surface area contributed by atoms with Gasteiger partial charge in [-0.25, -0.2) is 0 Å². The molecule has 1 amide bonds. The lowest BCUT2D eigenvalue weighted by molar-refractivity contribution is 0.102. The molecule has 0 spiro atoms. The van der Waals surface area contributed by atoms with Gasteiger partial charge in [-0.15, -0.1) is 0 Å². The number of anilines is 1. The van der Waals surface area contributed by atoms with Gasteiger partial charge in [-0.05, 0) is 48.9 Å². The largest absolute Gasteiger partial charge is 0.307 e. The Hall–Kier alpha value is -2.10. The lowest BCUT2D eigenvalue weighted by Gasteiger charge is -2.06. The van der Waals surface area contributed by atoms with Crippen LogP contribution in [-0.2, 0) is 19.3 Å². The van der Waals surface area contributed by atoms with Crippen LogP contribution in [0.2, 0.25) is 0 Å². The normalized spacial score (nSPS) is 13.3. The molecule has 3 rings (SSSR count). The Bertz CT molecular complexity index is 616. The number of rotatable bonds is 3. The monoisotopic (exact) mass is 255 g/mol. The molecule has 0 saturated heterocycles. The molecule has 1 aromatic carbocycles. The molecule has 1 aliphatic rings. The number of nitrogens with one attached hydrogen (secondary N) is 2. The van der Waals surface area contributed by atoms with Crippen LogP contribution in [0.4, 0.5) is 5.82 Å². The van der Waals surface area contributed by atoms with Crippen LogP contribution in [0.5, 0.6) is 0 Å². The zero-order chi connectivity index (χ0) is 13.2. The molecule has 19 heavy (non-hydrogen) atoms. The van der Waals surface area contributed by atoms with Crippen molar-refractivity contribution in [3.05, 3.63) is 46.6 Å². The highest BCUT2D eigenvalue weighted by Crippen LogP contribution is 2.23. The number of aromatic nitrogens is 2. The van der Waals surface area contributed by atoms with E-state index in [0.29, 0.717) is 5.82 Å². The van der Waals surface area contributed by atoms with Crippen LogP contribution in [-0.4, -0.2) is 16.1 Å². The lowest BCUT2D eigenvalue weighted by Crippen LogP contribution is -2.13. The molecule has 0 saturated carbocycles. The summed E-state index contributed by atoms with van der Waals surface area (Å²) in [6.45, 7) is 2.04. The average molecular weight is 255 g/mol. The number of aromatic amines is 1. The molecular formula is C15H17N3O. The van der Waals surface area contributed by atoms with Gasteiger partial charge in [0.25, 0.3) is 5.91 Å². The Morgan fingerprint density at radius 2 is 2.21 bits per heavy atom. The van der Waals surface area contributed by atoms with Crippen LogP contribution < -0.4 is 5.32 Å². The first-order chi connectivity index (χ1) is 9.28. The molecule has 1 heterocycles. The molecule has 0 bridgehead atoms. The Kier molecular flexibility index (Phi) is 3.07. The van der Waals surface area contributed by atoms with E-state index in [0.717, 1.165) is 30.4 Å². The minimum absolute atomic E-state index is 0.0753. The second kappa shape index (κ2) is 4.88. The van der Waals surface area contributed by atoms with Gasteiger partial charge in [0.2, 0.25) is 0 Å². The summed E-state index contributed by atoms with van der Waals surface area (Å²) in [6.07, 6.45) is 6.01. The third kappa shape index (κ3) is 2.26. The number of hydrogen-bond acceptors (Lipinski definition) is 2. The van der Waals surface area contributed by atoms with Crippen molar-refractivity contribution in [2.45, 2.75) is 32.6 Å². The van der Waals surface area contributed by atoms with Crippen molar-refractivity contribution in [3.8, 4) is 0 Å². The molecule has 0 aliphatic heterocycles. The topological polar surface area (TPSA) is 57.8 Å². The van der Waals surface area contributed by atoms with Crippen molar-refractivity contribution in [2.75, 3.05) is 5.32 Å². The molecule has 0 unspecified atom stereocenters. The second-order valence-electron chi connectivity index (χ2n) is 4.91. The average Bonchev–Trinajstić information content (AvgIpc) is 3.05. The van der Waals surface area contributed by atoms with Crippen molar-refractivity contribution >= 4 is 11.7 Å². The fourth-order valence-electron chi connectivity index (χ4n) is 2.59. The quantitative estimate of drug-likeness (QED) is 0.886. The summed E-state index contributed by atoms with van der Waals surface area (Å²) < 4.78 is 0. The third-order valence-corrected chi connectivity index (χ3v) is 3.70. The maximum absolute atomic E-state index is 12.2. The lowest BCUT2D eigenvalue weighted by atomic mass is 10.1. The Morgan fingerprint density at radius 1 is 1.37 bits per heavy atom. The maximum atomic E-state index is 12.2. The number of carbonyl (C=O) groups excluding carboxylic acids is 1. The fraction of sp³-hybridized carbons (Fsp3) is 0.333. The van der Waals surface area contributed by atoms with Crippen LogP contribution >= 0.6 is 0 Å². The smallest absolute Gasteiger partial charge is 0.256 e. The van der Waals surface area contributed by atoms with Crippen LogP contribution in [0.3, 0.4) is 0 Å². The third-order valence-electron chi connectivity index (χ3n) is 3.70. The maximum Gasteiger partial charge on any atom is 0.256 e. The highest BCUT2D eigenvalue weighted by Gasteiger charge is 2.15. The van der Waals surface area contributed by atoms with E-state index in [-0.39, 0.29) is 5.91 Å². The minimum atomic E-state index is -0.0753. The van der Waals surface area contributed by atoms with Crippen molar-refractivity contribution in [1.82, 2.24) is 10.2 Å². The molecule has 2 aromatic rings. The summed E-state index contributed by atoms with van der Waals surface area (Å²) in [4.78, 5) is 12.2. The van der Waals surface area contributed by atoms with Gasteiger partial charge in [-0.3, -0.25) is 9.89 Å². The van der Waals surface area contributed by atoms with Gasteiger partial charge in [-0.1, -0.05) is 13.0 Å². The molecule has 4 heteroatoms. The van der Waals surface area contributed by atoms with Crippen molar-refractivity contribution < 1.29 is 4.79 Å². The van der Waals surface area contributed by atoms with Crippen molar-refractivity contribution in [2.24, 2.45) is 0 Å². The molecule has 2 N–H and O–H groups in total. The number of benzene rings is 1. The molecule has 1 aromatic heterocycles. The van der Waals surface area contributed by atoms with Gasteiger partial charge < -0.3 is 5.32 Å². The van der Waals surface area contributed by atoms with Gasteiger partial charge in [-0.2, -0.15) is 5.10 Å². The number of hydrogen-bond donors (Lipinski definition) is 2. The minimum Gasteiger partial charge on any atom is -0.307 e. The van der Waals surface area contributed by atoms with E-state index in [2.05, 4.69) is 21.6 Å². The van der Waals surface area contributed by atoms with Gasteiger partial charge >= 0.3 is 0 Å². The Balaban J connectivity index is 1.81. The van der Waals surface area contributed by atoms with Gasteiger partial charge in [0.1, 0.15) is 5.82 Å². The molecule has 4 nitrogen and oxygen atoms in total. The Labute approximate surface area is 112 Å². The summed E-state index contributed by atoms with van der Waals surface area (Å²) in [6, 6.07) is 5.99. The highest BCUT2D eigenvalue weighted by atomic mass is 16.1. The zero-order valence-electron chi connectivity index (χ0n) is 11.0. The van der Waals surface area contributed by atoms with E-state index in [1.165, 1.54) is 17.5 Å². The summed E-state index contributed by atoms with van der Waals surface area (Å²) in [5.74, 6) is 0.627. The number of nitrogens with zero attached hydrogens (tertiary/aromatic N) is 1. The van der Waals surface area contributed by atoms with Gasteiger partial charge in [0, 0.05) is 11.1 Å². The first kappa shape index (κ1) is 12.0. The first-order valence-corrected chi connectivity index (χ1v) is 6.73. The second-order valence-corrected chi connectivity index (χ2v) is 4.91. The number of amides is 1. The number of carbonyl (C=O) groups is 1. The van der Waals surface area contributed by atoms with Crippen LogP contribution in [0, 0.1) is 0 Å². The van der Waals surface area contributed by atoms with E-state index in [9.17, 15) is 4.79 Å². The summed E-state index contributed by atoms with van der Waals surface area (Å²) >= 11 is 0.